The highest BCUT2D eigenvalue weighted by Gasteiger charge is 2.20. The van der Waals surface area contributed by atoms with Gasteiger partial charge in [-0.2, -0.15) is 4.37 Å². The van der Waals surface area contributed by atoms with E-state index < -0.39 is 0 Å². The molecule has 0 atom stereocenters. The first-order valence-corrected chi connectivity index (χ1v) is 13.6. The molecule has 0 unspecified atom stereocenters. The Kier molecular flexibility index (Phi) is 11.4. The molecule has 33 heavy (non-hydrogen) atoms. The van der Waals surface area contributed by atoms with E-state index in [-0.39, 0.29) is 5.91 Å². The van der Waals surface area contributed by atoms with Crippen molar-refractivity contribution in [2.24, 2.45) is 0 Å². The topological polar surface area (TPSA) is 61.4 Å². The van der Waals surface area contributed by atoms with E-state index in [0.29, 0.717) is 6.42 Å². The third kappa shape index (κ3) is 9.59. The maximum atomic E-state index is 12.0. The predicted octanol–water partition coefficient (Wildman–Crippen LogP) is 5.16. The summed E-state index contributed by atoms with van der Waals surface area (Å²) in [7, 11) is 0. The highest BCUT2D eigenvalue weighted by molar-refractivity contribution is 7.09. The van der Waals surface area contributed by atoms with E-state index in [0.717, 1.165) is 68.1 Å². The first-order valence-electron chi connectivity index (χ1n) is 12.4. The lowest BCUT2D eigenvalue weighted by Crippen LogP contribution is -2.48. The normalized spacial score (nSPS) is 14.5. The maximum absolute atomic E-state index is 12.0. The van der Waals surface area contributed by atoms with Crippen LogP contribution >= 0.6 is 23.1 Å². The molecule has 1 saturated heterocycles. The summed E-state index contributed by atoms with van der Waals surface area (Å²) in [4.78, 5) is 21.5. The largest absolute Gasteiger partial charge is 0.355 e. The Bertz CT molecular complexity index is 820. The van der Waals surface area contributed by atoms with Crippen molar-refractivity contribution < 1.29 is 4.79 Å². The van der Waals surface area contributed by atoms with Crippen LogP contribution in [0.4, 0.5) is 5.13 Å². The van der Waals surface area contributed by atoms with E-state index in [9.17, 15) is 4.79 Å². The lowest BCUT2D eigenvalue weighted by Gasteiger charge is -2.34. The van der Waals surface area contributed by atoms with Crippen LogP contribution in [0.15, 0.2) is 24.3 Å². The molecule has 8 heteroatoms. The van der Waals surface area contributed by atoms with E-state index >= 15 is 0 Å². The molecular weight excluding hydrogens is 454 g/mol. The first-order chi connectivity index (χ1) is 16.1. The van der Waals surface area contributed by atoms with Gasteiger partial charge in [0.1, 0.15) is 5.82 Å². The van der Waals surface area contributed by atoms with Crippen molar-refractivity contribution in [1.82, 2.24) is 19.6 Å². The van der Waals surface area contributed by atoms with Crippen molar-refractivity contribution >= 4 is 34.2 Å². The van der Waals surface area contributed by atoms with Gasteiger partial charge in [0.25, 0.3) is 0 Å². The number of aromatic nitrogens is 2. The fraction of sp³-hybridized carbons (Fsp3) is 0.640. The third-order valence-corrected chi connectivity index (χ3v) is 7.20. The van der Waals surface area contributed by atoms with Crippen LogP contribution in [-0.4, -0.2) is 59.4 Å². The van der Waals surface area contributed by atoms with Crippen molar-refractivity contribution in [1.29, 1.82) is 0 Å². The molecule has 1 aromatic carbocycles. The number of anilines is 1. The summed E-state index contributed by atoms with van der Waals surface area (Å²) in [6.07, 6.45) is 10.1. The monoisotopic (exact) mass is 491 g/mol. The molecule has 2 aromatic rings. The standard InChI is InChI=1S/C25H38ClN5OS/c1-2-3-4-5-6-7-8-9-24(32)27-14-15-30-16-18-31(19-17-30)25-28-23(29-33-25)20-21-10-12-22(26)13-11-21/h10-13H,2-9,14-20H2,1H3,(H,27,32). The van der Waals surface area contributed by atoms with Crippen LogP contribution in [0, 0.1) is 0 Å². The summed E-state index contributed by atoms with van der Waals surface area (Å²) < 4.78 is 4.54. The minimum Gasteiger partial charge on any atom is -0.355 e. The van der Waals surface area contributed by atoms with Crippen molar-refractivity contribution in [2.75, 3.05) is 44.2 Å². The molecule has 6 nitrogen and oxygen atoms in total. The number of benzene rings is 1. The number of nitrogens with zero attached hydrogens (tertiary/aromatic N) is 4. The number of piperazine rings is 1. The molecule has 2 heterocycles. The zero-order valence-electron chi connectivity index (χ0n) is 19.9. The fourth-order valence-electron chi connectivity index (χ4n) is 4.08. The van der Waals surface area contributed by atoms with Gasteiger partial charge in [0.05, 0.1) is 0 Å². The van der Waals surface area contributed by atoms with Gasteiger partial charge in [-0.25, -0.2) is 4.98 Å². The number of carbonyl (C=O) groups is 1. The van der Waals surface area contributed by atoms with Gasteiger partial charge in [0, 0.05) is 68.7 Å². The number of amides is 1. The van der Waals surface area contributed by atoms with Crippen LogP contribution in [0.3, 0.4) is 0 Å². The number of rotatable bonds is 14. The van der Waals surface area contributed by atoms with Gasteiger partial charge in [-0.3, -0.25) is 9.69 Å². The molecule has 1 aliphatic heterocycles. The van der Waals surface area contributed by atoms with E-state index in [2.05, 4.69) is 26.4 Å². The van der Waals surface area contributed by atoms with Crippen molar-refractivity contribution in [2.45, 2.75) is 64.7 Å². The second-order valence-electron chi connectivity index (χ2n) is 8.85. The van der Waals surface area contributed by atoms with Gasteiger partial charge in [-0.1, -0.05) is 69.2 Å². The summed E-state index contributed by atoms with van der Waals surface area (Å²) in [5.41, 5.74) is 1.17. The number of unbranched alkanes of at least 4 members (excludes halogenated alkanes) is 6. The zero-order valence-corrected chi connectivity index (χ0v) is 21.5. The molecular formula is C25H38ClN5OS. The molecule has 0 aliphatic carbocycles. The zero-order chi connectivity index (χ0) is 23.3. The second kappa shape index (κ2) is 14.5. The fourth-order valence-corrected chi connectivity index (χ4v) is 4.94. The summed E-state index contributed by atoms with van der Waals surface area (Å²) in [6.45, 7) is 7.75. The van der Waals surface area contributed by atoms with Gasteiger partial charge < -0.3 is 10.2 Å². The first kappa shape index (κ1) is 25.9. The van der Waals surface area contributed by atoms with Crippen molar-refractivity contribution in [3.63, 3.8) is 0 Å². The summed E-state index contributed by atoms with van der Waals surface area (Å²) >= 11 is 7.44. The number of nitrogens with one attached hydrogen (secondary N) is 1. The van der Waals surface area contributed by atoms with E-state index in [4.69, 9.17) is 16.6 Å². The van der Waals surface area contributed by atoms with Crippen LogP contribution in [0.25, 0.3) is 0 Å². The summed E-state index contributed by atoms with van der Waals surface area (Å²) in [5.74, 6) is 1.06. The number of hydrogen-bond donors (Lipinski definition) is 1. The Labute approximate surface area is 207 Å². The van der Waals surface area contributed by atoms with Gasteiger partial charge >= 0.3 is 0 Å². The molecule has 1 aromatic heterocycles. The molecule has 0 spiro atoms. The molecule has 3 rings (SSSR count). The smallest absolute Gasteiger partial charge is 0.220 e. The average Bonchev–Trinajstić information content (AvgIpc) is 3.29. The molecule has 1 aliphatic rings. The molecule has 0 saturated carbocycles. The SMILES string of the molecule is CCCCCCCCCC(=O)NCCN1CCN(c2nc(Cc3ccc(Cl)cc3)ns2)CC1. The lowest BCUT2D eigenvalue weighted by molar-refractivity contribution is -0.121. The highest BCUT2D eigenvalue weighted by Crippen LogP contribution is 2.21. The molecule has 1 fully saturated rings. The maximum Gasteiger partial charge on any atom is 0.220 e. The quantitative estimate of drug-likeness (QED) is 0.370. The van der Waals surface area contributed by atoms with Crippen LogP contribution in [0.1, 0.15) is 69.7 Å². The number of halogens is 1. The molecule has 0 bridgehead atoms. The van der Waals surface area contributed by atoms with E-state index in [1.165, 1.54) is 55.6 Å². The lowest BCUT2D eigenvalue weighted by atomic mass is 10.1. The number of hydrogen-bond acceptors (Lipinski definition) is 6. The van der Waals surface area contributed by atoms with Crippen LogP contribution in [0.5, 0.6) is 0 Å². The average molecular weight is 492 g/mol. The number of carbonyl (C=O) groups excluding carboxylic acids is 1. The van der Waals surface area contributed by atoms with Crippen LogP contribution in [-0.2, 0) is 11.2 Å². The Balaban J connectivity index is 1.26. The second-order valence-corrected chi connectivity index (χ2v) is 10.0. The molecule has 1 N–H and O–H groups in total. The minimum atomic E-state index is 0.198. The van der Waals surface area contributed by atoms with Crippen LogP contribution in [0.2, 0.25) is 5.02 Å². The van der Waals surface area contributed by atoms with Crippen LogP contribution < -0.4 is 10.2 Å². The molecule has 182 valence electrons. The van der Waals surface area contributed by atoms with E-state index in [1.54, 1.807) is 0 Å². The van der Waals surface area contributed by atoms with E-state index in [1.807, 2.05) is 24.3 Å². The van der Waals surface area contributed by atoms with Crippen molar-refractivity contribution in [3.05, 3.63) is 40.7 Å². The Morgan fingerprint density at radius 2 is 1.73 bits per heavy atom. The van der Waals surface area contributed by atoms with Gasteiger partial charge in [0.15, 0.2) is 0 Å². The van der Waals surface area contributed by atoms with Gasteiger partial charge in [0.2, 0.25) is 11.0 Å². The molecule has 0 radical (unpaired) electrons. The molecule has 1 amide bonds. The van der Waals surface area contributed by atoms with Gasteiger partial charge in [-0.15, -0.1) is 0 Å². The van der Waals surface area contributed by atoms with Gasteiger partial charge in [-0.05, 0) is 24.1 Å². The van der Waals surface area contributed by atoms with Crippen molar-refractivity contribution in [3.8, 4) is 0 Å². The highest BCUT2D eigenvalue weighted by atomic mass is 35.5. The predicted molar refractivity (Wildman–Crippen MR) is 138 cm³/mol. The summed E-state index contributed by atoms with van der Waals surface area (Å²) in [6, 6.07) is 7.85. The summed E-state index contributed by atoms with van der Waals surface area (Å²) in [5, 5.41) is 4.84. The Hall–Kier alpha value is -1.70. The Morgan fingerprint density at radius 1 is 1.03 bits per heavy atom. The Morgan fingerprint density at radius 3 is 2.45 bits per heavy atom. The minimum absolute atomic E-state index is 0.198. The third-order valence-electron chi connectivity index (χ3n) is 6.13.